The molecule has 0 bridgehead atoms. The van der Waals surface area contributed by atoms with Crippen molar-refractivity contribution >= 4 is 11.6 Å². The Bertz CT molecular complexity index is 347. The molecular weight excluding hydrogens is 210 g/mol. The van der Waals surface area contributed by atoms with E-state index in [2.05, 4.69) is 0 Å². The van der Waals surface area contributed by atoms with Crippen LogP contribution in [0.4, 0.5) is 0 Å². The fourth-order valence-electron chi connectivity index (χ4n) is 1.52. The molecule has 0 saturated heterocycles. The third kappa shape index (κ3) is 2.64. The van der Waals surface area contributed by atoms with Crippen LogP contribution in [0, 0.1) is 5.92 Å². The van der Waals surface area contributed by atoms with Crippen LogP contribution in [0.2, 0.25) is 5.02 Å². The highest BCUT2D eigenvalue weighted by atomic mass is 35.5. The average Bonchev–Trinajstić information content (AvgIpc) is 2.99. The van der Waals surface area contributed by atoms with Crippen LogP contribution in [-0.2, 0) is 0 Å². The topological polar surface area (TPSA) is 35.2 Å². The molecular formula is C12H16ClNO. The molecule has 1 aliphatic carbocycles. The monoisotopic (exact) mass is 225 g/mol. The number of ether oxygens (including phenoxy) is 1. The van der Waals surface area contributed by atoms with Gasteiger partial charge in [0.25, 0.3) is 0 Å². The van der Waals surface area contributed by atoms with Crippen molar-refractivity contribution in [3.05, 3.63) is 28.8 Å². The SMILES string of the molecule is CC(N)c1cccc(Cl)c1OCC1CC1. The lowest BCUT2D eigenvalue weighted by Gasteiger charge is -2.15. The molecule has 3 heteroatoms. The second-order valence-corrected chi connectivity index (χ2v) is 4.61. The van der Waals surface area contributed by atoms with Crippen LogP contribution in [0.3, 0.4) is 0 Å². The predicted molar refractivity (Wildman–Crippen MR) is 62.3 cm³/mol. The van der Waals surface area contributed by atoms with Gasteiger partial charge in [-0.05, 0) is 31.7 Å². The summed E-state index contributed by atoms with van der Waals surface area (Å²) in [6.07, 6.45) is 2.55. The largest absolute Gasteiger partial charge is 0.491 e. The molecule has 0 aromatic heterocycles. The van der Waals surface area contributed by atoms with E-state index in [-0.39, 0.29) is 6.04 Å². The second-order valence-electron chi connectivity index (χ2n) is 4.20. The van der Waals surface area contributed by atoms with Crippen LogP contribution >= 0.6 is 11.6 Å². The van der Waals surface area contributed by atoms with Gasteiger partial charge in [-0.1, -0.05) is 23.7 Å². The van der Waals surface area contributed by atoms with E-state index >= 15 is 0 Å². The van der Waals surface area contributed by atoms with E-state index < -0.39 is 0 Å². The Morgan fingerprint density at radius 3 is 2.87 bits per heavy atom. The van der Waals surface area contributed by atoms with Gasteiger partial charge in [0.15, 0.2) is 0 Å². The first kappa shape index (κ1) is 10.8. The van der Waals surface area contributed by atoms with E-state index in [4.69, 9.17) is 22.1 Å². The molecule has 2 nitrogen and oxygen atoms in total. The van der Waals surface area contributed by atoms with Crippen LogP contribution in [0.15, 0.2) is 18.2 Å². The van der Waals surface area contributed by atoms with E-state index in [1.165, 1.54) is 12.8 Å². The van der Waals surface area contributed by atoms with Gasteiger partial charge in [0.2, 0.25) is 0 Å². The summed E-state index contributed by atoms with van der Waals surface area (Å²) in [6.45, 7) is 2.71. The molecule has 15 heavy (non-hydrogen) atoms. The summed E-state index contributed by atoms with van der Waals surface area (Å²) in [4.78, 5) is 0. The molecule has 1 fully saturated rings. The van der Waals surface area contributed by atoms with Crippen molar-refractivity contribution in [2.75, 3.05) is 6.61 Å². The number of para-hydroxylation sites is 1. The van der Waals surface area contributed by atoms with Crippen molar-refractivity contribution < 1.29 is 4.74 Å². The van der Waals surface area contributed by atoms with Gasteiger partial charge in [-0.3, -0.25) is 0 Å². The van der Waals surface area contributed by atoms with Gasteiger partial charge in [0.05, 0.1) is 11.6 Å². The molecule has 2 rings (SSSR count). The molecule has 0 aliphatic heterocycles. The Morgan fingerprint density at radius 2 is 2.27 bits per heavy atom. The van der Waals surface area contributed by atoms with Crippen molar-refractivity contribution in [2.24, 2.45) is 11.7 Å². The third-order valence-corrected chi connectivity index (χ3v) is 2.95. The van der Waals surface area contributed by atoms with Gasteiger partial charge < -0.3 is 10.5 Å². The van der Waals surface area contributed by atoms with E-state index in [9.17, 15) is 0 Å². The molecule has 1 saturated carbocycles. The van der Waals surface area contributed by atoms with E-state index in [1.807, 2.05) is 25.1 Å². The van der Waals surface area contributed by atoms with Gasteiger partial charge in [0, 0.05) is 11.6 Å². The highest BCUT2D eigenvalue weighted by Crippen LogP contribution is 2.35. The summed E-state index contributed by atoms with van der Waals surface area (Å²) in [5.41, 5.74) is 6.86. The lowest BCUT2D eigenvalue weighted by molar-refractivity contribution is 0.295. The maximum atomic E-state index is 6.10. The van der Waals surface area contributed by atoms with Crippen molar-refractivity contribution in [2.45, 2.75) is 25.8 Å². The predicted octanol–water partition coefficient (Wildman–Crippen LogP) is 3.15. The van der Waals surface area contributed by atoms with Crippen LogP contribution in [-0.4, -0.2) is 6.61 Å². The molecule has 1 aromatic carbocycles. The highest BCUT2D eigenvalue weighted by molar-refractivity contribution is 6.32. The summed E-state index contributed by atoms with van der Waals surface area (Å²) in [5, 5.41) is 0.658. The molecule has 1 aromatic rings. The Kier molecular flexibility index (Phi) is 3.17. The zero-order valence-corrected chi connectivity index (χ0v) is 9.63. The lowest BCUT2D eigenvalue weighted by atomic mass is 10.1. The zero-order chi connectivity index (χ0) is 10.8. The minimum atomic E-state index is -0.0436. The Hall–Kier alpha value is -0.730. The highest BCUT2D eigenvalue weighted by Gasteiger charge is 2.23. The Balaban J connectivity index is 2.16. The van der Waals surface area contributed by atoms with Crippen molar-refractivity contribution in [1.29, 1.82) is 0 Å². The molecule has 0 heterocycles. The summed E-state index contributed by atoms with van der Waals surface area (Å²) in [6, 6.07) is 5.68. The van der Waals surface area contributed by atoms with Gasteiger partial charge in [-0.2, -0.15) is 0 Å². The summed E-state index contributed by atoms with van der Waals surface area (Å²) in [7, 11) is 0. The van der Waals surface area contributed by atoms with Crippen molar-refractivity contribution in [3.63, 3.8) is 0 Å². The molecule has 82 valence electrons. The van der Waals surface area contributed by atoms with Crippen LogP contribution in [0.25, 0.3) is 0 Å². The van der Waals surface area contributed by atoms with E-state index in [0.29, 0.717) is 5.02 Å². The summed E-state index contributed by atoms with van der Waals surface area (Å²) >= 11 is 6.10. The van der Waals surface area contributed by atoms with E-state index in [0.717, 1.165) is 23.8 Å². The molecule has 1 atom stereocenters. The smallest absolute Gasteiger partial charge is 0.142 e. The van der Waals surface area contributed by atoms with Crippen molar-refractivity contribution in [3.8, 4) is 5.75 Å². The third-order valence-electron chi connectivity index (χ3n) is 2.65. The lowest BCUT2D eigenvalue weighted by Crippen LogP contribution is -2.09. The quantitative estimate of drug-likeness (QED) is 0.855. The fraction of sp³-hybridized carbons (Fsp3) is 0.500. The molecule has 1 aliphatic rings. The second kappa shape index (κ2) is 4.42. The molecule has 2 N–H and O–H groups in total. The van der Waals surface area contributed by atoms with Gasteiger partial charge in [0.1, 0.15) is 5.75 Å². The zero-order valence-electron chi connectivity index (χ0n) is 8.87. The van der Waals surface area contributed by atoms with Gasteiger partial charge in [-0.15, -0.1) is 0 Å². The van der Waals surface area contributed by atoms with Crippen molar-refractivity contribution in [1.82, 2.24) is 0 Å². The standard InChI is InChI=1S/C12H16ClNO/c1-8(14)10-3-2-4-11(13)12(10)15-7-9-5-6-9/h2-4,8-9H,5-7,14H2,1H3. The first-order valence-electron chi connectivity index (χ1n) is 5.35. The molecule has 0 amide bonds. The minimum absolute atomic E-state index is 0.0436. The first-order chi connectivity index (χ1) is 7.18. The number of rotatable bonds is 4. The molecule has 1 unspecified atom stereocenters. The van der Waals surface area contributed by atoms with Crippen LogP contribution in [0.5, 0.6) is 5.75 Å². The normalized spacial score (nSPS) is 17.5. The van der Waals surface area contributed by atoms with Gasteiger partial charge >= 0.3 is 0 Å². The van der Waals surface area contributed by atoms with Gasteiger partial charge in [-0.25, -0.2) is 0 Å². The Labute approximate surface area is 95.4 Å². The minimum Gasteiger partial charge on any atom is -0.491 e. The maximum absolute atomic E-state index is 6.10. The Morgan fingerprint density at radius 1 is 1.53 bits per heavy atom. The number of hydrogen-bond acceptors (Lipinski definition) is 2. The number of halogens is 1. The number of hydrogen-bond donors (Lipinski definition) is 1. The van der Waals surface area contributed by atoms with Crippen LogP contribution < -0.4 is 10.5 Å². The average molecular weight is 226 g/mol. The number of benzene rings is 1. The van der Waals surface area contributed by atoms with E-state index in [1.54, 1.807) is 0 Å². The number of nitrogens with two attached hydrogens (primary N) is 1. The summed E-state index contributed by atoms with van der Waals surface area (Å²) < 4.78 is 5.74. The fourth-order valence-corrected chi connectivity index (χ4v) is 1.76. The maximum Gasteiger partial charge on any atom is 0.142 e. The summed E-state index contributed by atoms with van der Waals surface area (Å²) in [5.74, 6) is 1.49. The first-order valence-corrected chi connectivity index (χ1v) is 5.73. The molecule has 0 radical (unpaired) electrons. The molecule has 0 spiro atoms. The van der Waals surface area contributed by atoms with Crippen LogP contribution in [0.1, 0.15) is 31.4 Å².